The standard InChI is InChI=1S/C25H42O3SSi/c1-7-8-9-10-11-12-14-17-21(28-30(5,6)25(2,3)4)20-23(24(26)27)29-22-18-15-13-16-19-22/h7,13,15-16,18-19,21,23H,1,8-12,14,17,20H2,2-6H3,(H,26,27)/t21-,23?/m1/s1. The Kier molecular flexibility index (Phi) is 12.0. The van der Waals surface area contributed by atoms with Gasteiger partial charge in [0.1, 0.15) is 5.25 Å². The van der Waals surface area contributed by atoms with E-state index in [1.54, 1.807) is 0 Å². The number of hydrogen-bond acceptors (Lipinski definition) is 3. The number of unbranched alkanes of at least 4 members (excludes halogenated alkanes) is 5. The van der Waals surface area contributed by atoms with Crippen LogP contribution in [-0.2, 0) is 9.22 Å². The Morgan fingerprint density at radius 1 is 1.13 bits per heavy atom. The quantitative estimate of drug-likeness (QED) is 0.127. The van der Waals surface area contributed by atoms with E-state index >= 15 is 0 Å². The van der Waals surface area contributed by atoms with E-state index < -0.39 is 19.5 Å². The third kappa shape index (κ3) is 10.3. The first-order chi connectivity index (χ1) is 14.1. The first kappa shape index (κ1) is 27.0. The molecule has 3 nitrogen and oxygen atoms in total. The summed E-state index contributed by atoms with van der Waals surface area (Å²) in [4.78, 5) is 13.0. The molecule has 0 spiro atoms. The van der Waals surface area contributed by atoms with Crippen molar-refractivity contribution in [2.24, 2.45) is 0 Å². The molecule has 1 aromatic carbocycles. The average molecular weight is 451 g/mol. The van der Waals surface area contributed by atoms with Crippen LogP contribution in [0.15, 0.2) is 47.9 Å². The number of carboxylic acids is 1. The number of aliphatic carboxylic acids is 1. The molecular formula is C25H42O3SSi. The van der Waals surface area contributed by atoms with Crippen LogP contribution in [0.2, 0.25) is 18.1 Å². The lowest BCUT2D eigenvalue weighted by molar-refractivity contribution is -0.136. The van der Waals surface area contributed by atoms with Gasteiger partial charge in [-0.25, -0.2) is 0 Å². The molecule has 0 amide bonds. The highest BCUT2D eigenvalue weighted by molar-refractivity contribution is 8.00. The van der Waals surface area contributed by atoms with Crippen LogP contribution < -0.4 is 0 Å². The molecule has 1 unspecified atom stereocenters. The van der Waals surface area contributed by atoms with Gasteiger partial charge in [0.05, 0.1) is 0 Å². The number of rotatable bonds is 15. The van der Waals surface area contributed by atoms with Crippen LogP contribution >= 0.6 is 11.8 Å². The van der Waals surface area contributed by atoms with E-state index in [2.05, 4.69) is 40.4 Å². The largest absolute Gasteiger partial charge is 0.480 e. The van der Waals surface area contributed by atoms with E-state index in [9.17, 15) is 9.90 Å². The smallest absolute Gasteiger partial charge is 0.317 e. The van der Waals surface area contributed by atoms with Crippen LogP contribution in [0.3, 0.4) is 0 Å². The zero-order valence-electron chi connectivity index (χ0n) is 19.7. The lowest BCUT2D eigenvalue weighted by Crippen LogP contribution is -2.44. The molecule has 1 N–H and O–H groups in total. The third-order valence-electron chi connectivity index (χ3n) is 5.98. The zero-order valence-corrected chi connectivity index (χ0v) is 21.5. The topological polar surface area (TPSA) is 46.5 Å². The fraction of sp³-hybridized carbons (Fsp3) is 0.640. The van der Waals surface area contributed by atoms with Gasteiger partial charge in [-0.05, 0) is 55.9 Å². The summed E-state index contributed by atoms with van der Waals surface area (Å²) in [7, 11) is -1.96. The lowest BCUT2D eigenvalue weighted by atomic mass is 10.0. The molecule has 0 aliphatic heterocycles. The molecule has 0 aliphatic rings. The molecule has 0 heterocycles. The Morgan fingerprint density at radius 2 is 1.73 bits per heavy atom. The monoisotopic (exact) mass is 450 g/mol. The SMILES string of the molecule is C=CCCCCCCC[C@H](CC(Sc1ccccc1)C(=O)O)O[Si](C)(C)C(C)(C)C. The Balaban J connectivity index is 2.76. The van der Waals surface area contributed by atoms with Crippen molar-refractivity contribution >= 4 is 26.0 Å². The first-order valence-corrected chi connectivity index (χ1v) is 15.1. The van der Waals surface area contributed by atoms with Gasteiger partial charge in [-0.15, -0.1) is 18.3 Å². The molecule has 1 rings (SSSR count). The second-order valence-electron chi connectivity index (χ2n) is 9.63. The average Bonchev–Trinajstić information content (AvgIpc) is 2.66. The Bertz CT molecular complexity index is 625. The molecule has 0 fully saturated rings. The number of thioether (sulfide) groups is 1. The molecular weight excluding hydrogens is 408 g/mol. The summed E-state index contributed by atoms with van der Waals surface area (Å²) >= 11 is 1.44. The van der Waals surface area contributed by atoms with Gasteiger partial charge in [0.15, 0.2) is 8.32 Å². The molecule has 2 atom stereocenters. The molecule has 170 valence electrons. The minimum Gasteiger partial charge on any atom is -0.480 e. The van der Waals surface area contributed by atoms with Crippen molar-refractivity contribution in [3.63, 3.8) is 0 Å². The zero-order chi connectivity index (χ0) is 22.6. The molecule has 30 heavy (non-hydrogen) atoms. The Hall–Kier alpha value is -1.04. The van der Waals surface area contributed by atoms with Crippen molar-refractivity contribution in [3.05, 3.63) is 43.0 Å². The number of carbonyl (C=O) groups is 1. The fourth-order valence-electron chi connectivity index (χ4n) is 3.11. The maximum atomic E-state index is 12.0. The minimum absolute atomic E-state index is 0.00335. The molecule has 5 heteroatoms. The summed E-state index contributed by atoms with van der Waals surface area (Å²) in [6.07, 6.45) is 10.5. The molecule has 0 radical (unpaired) electrons. The molecule has 0 aliphatic carbocycles. The third-order valence-corrected chi connectivity index (χ3v) is 11.7. The molecule has 1 aromatic rings. The number of allylic oxidation sites excluding steroid dienone is 1. The van der Waals surface area contributed by atoms with Crippen LogP contribution in [0.4, 0.5) is 0 Å². The summed E-state index contributed by atoms with van der Waals surface area (Å²) in [5, 5.41) is 9.48. The minimum atomic E-state index is -1.96. The van der Waals surface area contributed by atoms with Gasteiger partial charge in [-0.1, -0.05) is 70.7 Å². The normalized spacial score (nSPS) is 14.3. The number of carboxylic acid groups (broad SMARTS) is 1. The van der Waals surface area contributed by atoms with E-state index in [0.29, 0.717) is 6.42 Å². The van der Waals surface area contributed by atoms with Crippen molar-refractivity contribution in [2.75, 3.05) is 0 Å². The highest BCUT2D eigenvalue weighted by atomic mass is 32.2. The van der Waals surface area contributed by atoms with E-state index in [1.807, 2.05) is 36.4 Å². The van der Waals surface area contributed by atoms with Crippen LogP contribution in [0.5, 0.6) is 0 Å². The Morgan fingerprint density at radius 3 is 2.30 bits per heavy atom. The van der Waals surface area contributed by atoms with E-state index in [-0.39, 0.29) is 11.1 Å². The predicted molar refractivity (Wildman–Crippen MR) is 133 cm³/mol. The highest BCUT2D eigenvalue weighted by Crippen LogP contribution is 2.39. The van der Waals surface area contributed by atoms with Gasteiger partial charge >= 0.3 is 5.97 Å². The summed E-state index contributed by atoms with van der Waals surface area (Å²) in [6, 6.07) is 9.83. The summed E-state index contributed by atoms with van der Waals surface area (Å²) in [5.41, 5.74) is 0. The highest BCUT2D eigenvalue weighted by Gasteiger charge is 2.40. The van der Waals surface area contributed by atoms with Crippen LogP contribution in [0, 0.1) is 0 Å². The van der Waals surface area contributed by atoms with Gasteiger partial charge in [0.25, 0.3) is 0 Å². The number of benzene rings is 1. The van der Waals surface area contributed by atoms with Crippen LogP contribution in [0.25, 0.3) is 0 Å². The van der Waals surface area contributed by atoms with Crippen molar-refractivity contribution in [1.29, 1.82) is 0 Å². The van der Waals surface area contributed by atoms with Crippen LogP contribution in [0.1, 0.15) is 72.1 Å². The first-order valence-electron chi connectivity index (χ1n) is 11.3. The van der Waals surface area contributed by atoms with Crippen LogP contribution in [-0.4, -0.2) is 30.7 Å². The molecule has 0 bridgehead atoms. The van der Waals surface area contributed by atoms with Gasteiger partial charge < -0.3 is 9.53 Å². The predicted octanol–water partition coefficient (Wildman–Crippen LogP) is 7.93. The van der Waals surface area contributed by atoms with E-state index in [4.69, 9.17) is 4.43 Å². The maximum Gasteiger partial charge on any atom is 0.317 e. The second kappa shape index (κ2) is 13.4. The van der Waals surface area contributed by atoms with Crippen molar-refractivity contribution in [3.8, 4) is 0 Å². The summed E-state index contributed by atoms with van der Waals surface area (Å²) in [5.74, 6) is -0.753. The Labute approximate surface area is 189 Å². The van der Waals surface area contributed by atoms with E-state index in [0.717, 1.165) is 24.2 Å². The fourth-order valence-corrected chi connectivity index (χ4v) is 5.57. The van der Waals surface area contributed by atoms with E-state index in [1.165, 1.54) is 37.4 Å². The number of hydrogen-bond donors (Lipinski definition) is 1. The van der Waals surface area contributed by atoms with Crippen molar-refractivity contribution in [2.45, 2.75) is 107 Å². The van der Waals surface area contributed by atoms with Gasteiger partial charge in [-0.3, -0.25) is 4.79 Å². The summed E-state index contributed by atoms with van der Waals surface area (Å²) in [6.45, 7) is 15.0. The molecule has 0 saturated carbocycles. The van der Waals surface area contributed by atoms with Gasteiger partial charge in [0, 0.05) is 11.0 Å². The van der Waals surface area contributed by atoms with Gasteiger partial charge in [0.2, 0.25) is 0 Å². The van der Waals surface area contributed by atoms with Crippen molar-refractivity contribution < 1.29 is 14.3 Å². The van der Waals surface area contributed by atoms with Gasteiger partial charge in [-0.2, -0.15) is 0 Å². The lowest BCUT2D eigenvalue weighted by Gasteiger charge is -2.40. The second-order valence-corrected chi connectivity index (χ2v) is 15.7. The van der Waals surface area contributed by atoms with Crippen molar-refractivity contribution in [1.82, 2.24) is 0 Å². The maximum absolute atomic E-state index is 12.0. The summed E-state index contributed by atoms with van der Waals surface area (Å²) < 4.78 is 6.71. The molecule has 0 aromatic heterocycles. The molecule has 0 saturated heterocycles.